The highest BCUT2D eigenvalue weighted by Gasteiger charge is 2.47. The molecule has 1 aliphatic heterocycles. The van der Waals surface area contributed by atoms with Crippen LogP contribution in [0.3, 0.4) is 0 Å². The predicted molar refractivity (Wildman–Crippen MR) is 81.9 cm³/mol. The third-order valence-corrected chi connectivity index (χ3v) is 3.96. The van der Waals surface area contributed by atoms with Gasteiger partial charge >= 0.3 is 12.0 Å². The van der Waals surface area contributed by atoms with Crippen LogP contribution in [0, 0.1) is 6.92 Å². The van der Waals surface area contributed by atoms with E-state index in [9.17, 15) is 19.5 Å². The van der Waals surface area contributed by atoms with Gasteiger partial charge in [0.05, 0.1) is 11.1 Å². The maximum atomic E-state index is 12.5. The van der Waals surface area contributed by atoms with Crippen LogP contribution in [0.25, 0.3) is 0 Å². The Labute approximate surface area is 129 Å². The van der Waals surface area contributed by atoms with Crippen molar-refractivity contribution >= 4 is 23.6 Å². The Morgan fingerprint density at radius 3 is 2.32 bits per heavy atom. The van der Waals surface area contributed by atoms with E-state index in [-0.39, 0.29) is 0 Å². The van der Waals surface area contributed by atoms with Gasteiger partial charge in [-0.05, 0) is 51.8 Å². The molecule has 1 aromatic carbocycles. The highest BCUT2D eigenvalue weighted by Crippen LogP contribution is 2.36. The molecule has 2 N–H and O–H groups in total. The molecule has 2 rings (SSSR count). The summed E-state index contributed by atoms with van der Waals surface area (Å²) in [6.45, 7) is 8.15. The molecule has 0 unspecified atom stereocenters. The first kappa shape index (κ1) is 16.0. The summed E-state index contributed by atoms with van der Waals surface area (Å²) in [5, 5.41) is 12.1. The molecule has 1 aromatic rings. The summed E-state index contributed by atoms with van der Waals surface area (Å²) in [4.78, 5) is 37.3. The van der Waals surface area contributed by atoms with E-state index in [4.69, 9.17) is 0 Å². The van der Waals surface area contributed by atoms with Gasteiger partial charge in [0.1, 0.15) is 5.54 Å². The van der Waals surface area contributed by atoms with E-state index in [0.29, 0.717) is 11.3 Å². The van der Waals surface area contributed by atoms with Crippen molar-refractivity contribution in [3.05, 3.63) is 29.3 Å². The van der Waals surface area contributed by atoms with Gasteiger partial charge < -0.3 is 10.4 Å². The SMILES string of the molecule is Cc1ccc(C(C)(C)C(=O)O)c(N2C(=O)NC(C)(C)C2=O)c1. The largest absolute Gasteiger partial charge is 0.481 e. The van der Waals surface area contributed by atoms with Crippen LogP contribution in [0.2, 0.25) is 0 Å². The van der Waals surface area contributed by atoms with Crippen LogP contribution in [0.4, 0.5) is 10.5 Å². The first-order valence-corrected chi connectivity index (χ1v) is 6.99. The fourth-order valence-electron chi connectivity index (χ4n) is 2.44. The lowest BCUT2D eigenvalue weighted by Crippen LogP contribution is -2.41. The number of benzene rings is 1. The smallest absolute Gasteiger partial charge is 0.329 e. The van der Waals surface area contributed by atoms with Crippen molar-refractivity contribution in [3.8, 4) is 0 Å². The molecule has 1 aliphatic rings. The molecule has 0 radical (unpaired) electrons. The van der Waals surface area contributed by atoms with Crippen LogP contribution in [0.15, 0.2) is 18.2 Å². The van der Waals surface area contributed by atoms with Gasteiger partial charge in [0.25, 0.3) is 5.91 Å². The number of anilines is 1. The molecule has 1 fully saturated rings. The molecule has 22 heavy (non-hydrogen) atoms. The summed E-state index contributed by atoms with van der Waals surface area (Å²) in [5.74, 6) is -1.42. The molecule has 0 saturated carbocycles. The summed E-state index contributed by atoms with van der Waals surface area (Å²) < 4.78 is 0. The Hall–Kier alpha value is -2.37. The number of hydrogen-bond donors (Lipinski definition) is 2. The number of urea groups is 1. The molecule has 0 bridgehead atoms. The zero-order valence-electron chi connectivity index (χ0n) is 13.4. The number of carbonyl (C=O) groups is 3. The van der Waals surface area contributed by atoms with Gasteiger partial charge in [-0.1, -0.05) is 12.1 Å². The summed E-state index contributed by atoms with van der Waals surface area (Å²) in [6, 6.07) is 4.56. The van der Waals surface area contributed by atoms with E-state index >= 15 is 0 Å². The summed E-state index contributed by atoms with van der Waals surface area (Å²) in [5.41, 5.74) is -0.653. The molecule has 0 atom stereocenters. The van der Waals surface area contributed by atoms with Crippen LogP contribution >= 0.6 is 0 Å². The van der Waals surface area contributed by atoms with Crippen LogP contribution in [0.5, 0.6) is 0 Å². The second-order valence-corrected chi connectivity index (χ2v) is 6.65. The van der Waals surface area contributed by atoms with E-state index in [0.717, 1.165) is 10.5 Å². The van der Waals surface area contributed by atoms with Gasteiger partial charge in [-0.15, -0.1) is 0 Å². The lowest BCUT2D eigenvalue weighted by Gasteiger charge is -2.27. The molecular weight excluding hydrogens is 284 g/mol. The van der Waals surface area contributed by atoms with Crippen molar-refractivity contribution in [2.45, 2.75) is 45.6 Å². The first-order valence-electron chi connectivity index (χ1n) is 6.99. The lowest BCUT2D eigenvalue weighted by atomic mass is 9.82. The summed E-state index contributed by atoms with van der Waals surface area (Å²) in [7, 11) is 0. The Balaban J connectivity index is 2.66. The average Bonchev–Trinajstić information content (AvgIpc) is 2.57. The van der Waals surface area contributed by atoms with Crippen molar-refractivity contribution in [2.24, 2.45) is 0 Å². The van der Waals surface area contributed by atoms with Gasteiger partial charge in [-0.3, -0.25) is 9.59 Å². The minimum atomic E-state index is -1.23. The minimum Gasteiger partial charge on any atom is -0.481 e. The number of aryl methyl sites for hydroxylation is 1. The van der Waals surface area contributed by atoms with E-state index in [2.05, 4.69) is 5.32 Å². The fraction of sp³-hybridized carbons (Fsp3) is 0.438. The average molecular weight is 304 g/mol. The number of nitrogens with one attached hydrogen (secondary N) is 1. The van der Waals surface area contributed by atoms with Gasteiger partial charge in [-0.25, -0.2) is 9.69 Å². The van der Waals surface area contributed by atoms with Crippen molar-refractivity contribution < 1.29 is 19.5 Å². The predicted octanol–water partition coefficient (Wildman–Crippen LogP) is 2.19. The summed E-state index contributed by atoms with van der Waals surface area (Å²) >= 11 is 0. The van der Waals surface area contributed by atoms with Crippen molar-refractivity contribution in [2.75, 3.05) is 4.90 Å². The highest BCUT2D eigenvalue weighted by atomic mass is 16.4. The Morgan fingerprint density at radius 1 is 1.27 bits per heavy atom. The molecule has 6 nitrogen and oxygen atoms in total. The monoisotopic (exact) mass is 304 g/mol. The third-order valence-electron chi connectivity index (χ3n) is 3.96. The Morgan fingerprint density at radius 2 is 1.86 bits per heavy atom. The molecule has 0 spiro atoms. The number of carboxylic acids is 1. The van der Waals surface area contributed by atoms with Crippen molar-refractivity contribution in [1.82, 2.24) is 5.32 Å². The number of aliphatic carboxylic acids is 1. The number of carbonyl (C=O) groups excluding carboxylic acids is 2. The molecule has 0 aliphatic carbocycles. The fourth-order valence-corrected chi connectivity index (χ4v) is 2.44. The zero-order chi connectivity index (χ0) is 16.9. The minimum absolute atomic E-state index is 0.320. The Kier molecular flexibility index (Phi) is 3.51. The van der Waals surface area contributed by atoms with Crippen LogP contribution < -0.4 is 10.2 Å². The second-order valence-electron chi connectivity index (χ2n) is 6.65. The molecular formula is C16H20N2O4. The third kappa shape index (κ3) is 2.34. The van der Waals surface area contributed by atoms with Crippen molar-refractivity contribution in [3.63, 3.8) is 0 Å². The van der Waals surface area contributed by atoms with Crippen LogP contribution in [-0.4, -0.2) is 28.6 Å². The Bertz CT molecular complexity index is 677. The van der Waals surface area contributed by atoms with Crippen LogP contribution in [-0.2, 0) is 15.0 Å². The zero-order valence-corrected chi connectivity index (χ0v) is 13.4. The maximum absolute atomic E-state index is 12.5. The van der Waals surface area contributed by atoms with Crippen LogP contribution in [0.1, 0.15) is 38.8 Å². The maximum Gasteiger partial charge on any atom is 0.329 e. The number of imide groups is 1. The lowest BCUT2D eigenvalue weighted by molar-refractivity contribution is -0.142. The second kappa shape index (κ2) is 4.83. The number of hydrogen-bond acceptors (Lipinski definition) is 3. The molecule has 1 saturated heterocycles. The van der Waals surface area contributed by atoms with E-state index in [1.807, 2.05) is 6.92 Å². The highest BCUT2D eigenvalue weighted by molar-refractivity contribution is 6.23. The van der Waals surface area contributed by atoms with Gasteiger partial charge in [0.15, 0.2) is 0 Å². The molecule has 0 aromatic heterocycles. The number of rotatable bonds is 3. The van der Waals surface area contributed by atoms with Gasteiger partial charge in [-0.2, -0.15) is 0 Å². The standard InChI is InChI=1S/C16H20N2O4/c1-9-6-7-10(15(2,3)13(20)21)11(8-9)18-12(19)16(4,5)17-14(18)22/h6-8H,1-5H3,(H,17,22)(H,20,21). The number of nitrogens with zero attached hydrogens (tertiary/aromatic N) is 1. The van der Waals surface area contributed by atoms with Gasteiger partial charge in [0.2, 0.25) is 0 Å². The van der Waals surface area contributed by atoms with Crippen molar-refractivity contribution in [1.29, 1.82) is 0 Å². The first-order chi connectivity index (χ1) is 9.98. The van der Waals surface area contributed by atoms with E-state index in [1.54, 1.807) is 45.9 Å². The molecule has 6 heteroatoms. The number of carboxylic acid groups (broad SMARTS) is 1. The molecule has 1 heterocycles. The topological polar surface area (TPSA) is 86.7 Å². The quantitative estimate of drug-likeness (QED) is 0.838. The molecule has 118 valence electrons. The normalized spacial score (nSPS) is 17.6. The van der Waals surface area contributed by atoms with E-state index < -0.39 is 28.9 Å². The van der Waals surface area contributed by atoms with Gasteiger partial charge in [0, 0.05) is 0 Å². The molecule has 3 amide bonds. The number of amides is 3. The van der Waals surface area contributed by atoms with E-state index in [1.165, 1.54) is 0 Å². The summed E-state index contributed by atoms with van der Waals surface area (Å²) in [6.07, 6.45) is 0.